The molecule has 0 spiro atoms. The van der Waals surface area contributed by atoms with Crippen LogP contribution in [0.2, 0.25) is 0 Å². The minimum atomic E-state index is 0.0247. The van der Waals surface area contributed by atoms with Gasteiger partial charge in [-0.15, -0.1) is 0 Å². The Bertz CT molecular complexity index is 517. The Balaban J connectivity index is 2.00. The van der Waals surface area contributed by atoms with Crippen LogP contribution in [0.4, 0.5) is 0 Å². The van der Waals surface area contributed by atoms with Crippen molar-refractivity contribution in [2.24, 2.45) is 5.73 Å². The first kappa shape index (κ1) is 13.1. The van der Waals surface area contributed by atoms with Crippen molar-refractivity contribution in [3.63, 3.8) is 0 Å². The zero-order valence-electron chi connectivity index (χ0n) is 11.2. The largest absolute Gasteiger partial charge is 0.329 e. The van der Waals surface area contributed by atoms with E-state index in [2.05, 4.69) is 61.6 Å². The second-order valence-electron chi connectivity index (χ2n) is 5.45. The molecule has 0 saturated carbocycles. The summed E-state index contributed by atoms with van der Waals surface area (Å²) in [5, 5.41) is 6.10. The van der Waals surface area contributed by atoms with Gasteiger partial charge in [-0.2, -0.15) is 0 Å². The van der Waals surface area contributed by atoms with Crippen molar-refractivity contribution in [1.82, 2.24) is 5.32 Å². The first-order valence-electron chi connectivity index (χ1n) is 6.53. The second-order valence-corrected chi connectivity index (χ2v) is 5.45. The Morgan fingerprint density at radius 3 is 2.50 bits per heavy atom. The standard InChI is InChI=1S/C16H22N2/c1-16(2,12-17)18-10-9-13-7-8-14-5-3-4-6-15(14)11-13/h3-8,11,18H,9-10,12,17H2,1-2H3. The molecule has 2 aromatic carbocycles. The van der Waals surface area contributed by atoms with E-state index < -0.39 is 0 Å². The highest BCUT2D eigenvalue weighted by Gasteiger charge is 2.13. The zero-order chi connectivity index (χ0) is 13.0. The van der Waals surface area contributed by atoms with Crippen LogP contribution in [0.3, 0.4) is 0 Å². The fraction of sp³-hybridized carbons (Fsp3) is 0.375. The van der Waals surface area contributed by atoms with Crippen LogP contribution in [0, 0.1) is 0 Å². The van der Waals surface area contributed by atoms with Crippen molar-refractivity contribution in [3.05, 3.63) is 48.0 Å². The molecular formula is C16H22N2. The highest BCUT2D eigenvalue weighted by Crippen LogP contribution is 2.15. The molecule has 0 fully saturated rings. The van der Waals surface area contributed by atoms with Crippen molar-refractivity contribution in [2.75, 3.05) is 13.1 Å². The van der Waals surface area contributed by atoms with Gasteiger partial charge < -0.3 is 11.1 Å². The van der Waals surface area contributed by atoms with Gasteiger partial charge in [-0.25, -0.2) is 0 Å². The molecule has 0 bridgehead atoms. The maximum atomic E-state index is 5.70. The summed E-state index contributed by atoms with van der Waals surface area (Å²) in [5.74, 6) is 0. The van der Waals surface area contributed by atoms with Gasteiger partial charge in [0.1, 0.15) is 0 Å². The average molecular weight is 242 g/mol. The van der Waals surface area contributed by atoms with Gasteiger partial charge in [0.05, 0.1) is 0 Å². The summed E-state index contributed by atoms with van der Waals surface area (Å²) < 4.78 is 0. The SMILES string of the molecule is CC(C)(CN)NCCc1ccc2ccccc2c1. The molecule has 0 aliphatic carbocycles. The lowest BCUT2D eigenvalue weighted by atomic mass is 10.0. The number of nitrogens with two attached hydrogens (primary N) is 1. The summed E-state index contributed by atoms with van der Waals surface area (Å²) in [5.41, 5.74) is 7.09. The van der Waals surface area contributed by atoms with Crippen LogP contribution in [-0.2, 0) is 6.42 Å². The number of hydrogen-bond acceptors (Lipinski definition) is 2. The Kier molecular flexibility index (Phi) is 4.00. The normalized spacial score (nSPS) is 11.9. The molecule has 2 heteroatoms. The fourth-order valence-electron chi connectivity index (χ4n) is 2.01. The zero-order valence-corrected chi connectivity index (χ0v) is 11.2. The number of hydrogen-bond donors (Lipinski definition) is 2. The first-order chi connectivity index (χ1) is 8.61. The summed E-state index contributed by atoms with van der Waals surface area (Å²) in [7, 11) is 0. The topological polar surface area (TPSA) is 38.0 Å². The maximum Gasteiger partial charge on any atom is 0.0247 e. The molecule has 2 aromatic rings. The van der Waals surface area contributed by atoms with Crippen molar-refractivity contribution in [3.8, 4) is 0 Å². The molecule has 0 atom stereocenters. The Morgan fingerprint density at radius 1 is 1.06 bits per heavy atom. The highest BCUT2D eigenvalue weighted by atomic mass is 15.0. The van der Waals surface area contributed by atoms with E-state index in [0.29, 0.717) is 6.54 Å². The lowest BCUT2D eigenvalue weighted by Crippen LogP contribution is -2.46. The summed E-state index contributed by atoms with van der Waals surface area (Å²) in [6, 6.07) is 15.1. The second kappa shape index (κ2) is 5.51. The number of rotatable bonds is 5. The van der Waals surface area contributed by atoms with Crippen LogP contribution in [0.15, 0.2) is 42.5 Å². The lowest BCUT2D eigenvalue weighted by Gasteiger charge is -2.24. The third kappa shape index (κ3) is 3.31. The van der Waals surface area contributed by atoms with Crippen molar-refractivity contribution < 1.29 is 0 Å². The van der Waals surface area contributed by atoms with Gasteiger partial charge in [0.15, 0.2) is 0 Å². The van der Waals surface area contributed by atoms with E-state index in [1.807, 2.05) is 0 Å². The monoisotopic (exact) mass is 242 g/mol. The molecule has 0 aliphatic rings. The molecule has 3 N–H and O–H groups in total. The molecule has 2 rings (SSSR count). The number of fused-ring (bicyclic) bond motifs is 1. The molecule has 18 heavy (non-hydrogen) atoms. The molecule has 0 aromatic heterocycles. The van der Waals surface area contributed by atoms with Crippen LogP contribution in [0.1, 0.15) is 19.4 Å². The molecule has 0 amide bonds. The summed E-state index contributed by atoms with van der Waals surface area (Å²) in [4.78, 5) is 0. The third-order valence-corrected chi connectivity index (χ3v) is 3.34. The Labute approximate surface area is 109 Å². The fourth-order valence-corrected chi connectivity index (χ4v) is 2.01. The smallest absolute Gasteiger partial charge is 0.0247 e. The third-order valence-electron chi connectivity index (χ3n) is 3.34. The van der Waals surface area contributed by atoms with E-state index in [9.17, 15) is 0 Å². The number of benzene rings is 2. The van der Waals surface area contributed by atoms with Crippen LogP contribution in [0.5, 0.6) is 0 Å². The van der Waals surface area contributed by atoms with E-state index in [1.165, 1.54) is 16.3 Å². The quantitative estimate of drug-likeness (QED) is 0.846. The van der Waals surface area contributed by atoms with E-state index in [-0.39, 0.29) is 5.54 Å². The predicted molar refractivity (Wildman–Crippen MR) is 78.8 cm³/mol. The van der Waals surface area contributed by atoms with Gasteiger partial charge in [0.25, 0.3) is 0 Å². The summed E-state index contributed by atoms with van der Waals surface area (Å²) in [6.07, 6.45) is 1.04. The minimum absolute atomic E-state index is 0.0247. The van der Waals surface area contributed by atoms with Gasteiger partial charge in [-0.3, -0.25) is 0 Å². The van der Waals surface area contributed by atoms with Gasteiger partial charge in [-0.05, 0) is 43.1 Å². The van der Waals surface area contributed by atoms with Crippen LogP contribution < -0.4 is 11.1 Å². The molecule has 0 saturated heterocycles. The molecule has 2 nitrogen and oxygen atoms in total. The molecule has 96 valence electrons. The van der Waals surface area contributed by atoms with Crippen molar-refractivity contribution in [1.29, 1.82) is 0 Å². The van der Waals surface area contributed by atoms with Gasteiger partial charge in [0.2, 0.25) is 0 Å². The Morgan fingerprint density at radius 2 is 1.78 bits per heavy atom. The van der Waals surface area contributed by atoms with E-state index >= 15 is 0 Å². The van der Waals surface area contributed by atoms with Gasteiger partial charge in [-0.1, -0.05) is 42.5 Å². The number of nitrogens with one attached hydrogen (secondary N) is 1. The summed E-state index contributed by atoms with van der Waals surface area (Å²) in [6.45, 7) is 5.88. The van der Waals surface area contributed by atoms with Crippen molar-refractivity contribution >= 4 is 10.8 Å². The highest BCUT2D eigenvalue weighted by molar-refractivity contribution is 5.82. The first-order valence-corrected chi connectivity index (χ1v) is 6.53. The van der Waals surface area contributed by atoms with Gasteiger partial charge >= 0.3 is 0 Å². The van der Waals surface area contributed by atoms with E-state index in [1.54, 1.807) is 0 Å². The van der Waals surface area contributed by atoms with Crippen LogP contribution in [0.25, 0.3) is 10.8 Å². The summed E-state index contributed by atoms with van der Waals surface area (Å²) >= 11 is 0. The van der Waals surface area contributed by atoms with Crippen molar-refractivity contribution in [2.45, 2.75) is 25.8 Å². The molecule has 0 unspecified atom stereocenters. The molecule has 0 heterocycles. The van der Waals surface area contributed by atoms with Crippen LogP contribution >= 0.6 is 0 Å². The molecule has 0 aliphatic heterocycles. The molecule has 0 radical (unpaired) electrons. The predicted octanol–water partition coefficient (Wildman–Crippen LogP) is 2.71. The molecular weight excluding hydrogens is 220 g/mol. The van der Waals surface area contributed by atoms with E-state index in [0.717, 1.165) is 13.0 Å². The lowest BCUT2D eigenvalue weighted by molar-refractivity contribution is 0.402. The van der Waals surface area contributed by atoms with Gasteiger partial charge in [0, 0.05) is 12.1 Å². The van der Waals surface area contributed by atoms with Crippen LogP contribution in [-0.4, -0.2) is 18.6 Å². The minimum Gasteiger partial charge on any atom is -0.329 e. The Hall–Kier alpha value is -1.38. The maximum absolute atomic E-state index is 5.70. The van der Waals surface area contributed by atoms with E-state index in [4.69, 9.17) is 5.73 Å². The average Bonchev–Trinajstić information content (AvgIpc) is 2.38.